The molecule has 0 saturated heterocycles. The van der Waals surface area contributed by atoms with E-state index in [1.165, 1.54) is 5.56 Å². The van der Waals surface area contributed by atoms with E-state index < -0.39 is 6.10 Å². The van der Waals surface area contributed by atoms with Crippen LogP contribution in [0.2, 0.25) is 0 Å². The zero-order valence-corrected chi connectivity index (χ0v) is 13.8. The molecule has 0 radical (unpaired) electrons. The highest BCUT2D eigenvalue weighted by Gasteiger charge is 2.11. The molecule has 0 aliphatic carbocycles. The first-order valence-corrected chi connectivity index (χ1v) is 8.10. The second kappa shape index (κ2) is 9.06. The minimum atomic E-state index is -0.507. The van der Waals surface area contributed by atoms with Crippen molar-refractivity contribution in [3.8, 4) is 0 Å². The van der Waals surface area contributed by atoms with E-state index in [4.69, 9.17) is 4.74 Å². The van der Waals surface area contributed by atoms with Crippen LogP contribution in [-0.4, -0.2) is 23.2 Å². The minimum absolute atomic E-state index is 0.242. The molecule has 122 valence electrons. The first kappa shape index (κ1) is 17.2. The molecule has 1 atom stereocenters. The molecule has 0 N–H and O–H groups in total. The highest BCUT2D eigenvalue weighted by molar-refractivity contribution is 5.81. The van der Waals surface area contributed by atoms with Gasteiger partial charge in [0.15, 0.2) is 0 Å². The molecular weight excluding hydrogens is 288 g/mol. The van der Waals surface area contributed by atoms with Crippen LogP contribution < -0.4 is 5.49 Å². The minimum Gasteiger partial charge on any atom is -0.369 e. The predicted octanol–water partition coefficient (Wildman–Crippen LogP) is 3.17. The molecule has 2 rings (SSSR count). The molecule has 2 aromatic rings. The van der Waals surface area contributed by atoms with Crippen LogP contribution in [0.25, 0.3) is 0 Å². The van der Waals surface area contributed by atoms with Crippen molar-refractivity contribution < 1.29 is 9.53 Å². The standard InChI is InChI=1S/C19H24N2O2/c1-3-4-14-23-16(2)19(22)20-18-12-8-9-13-21(18)15-17-10-6-5-7-11-17/h5-13,16H,3-4,14-15H2,1-2H3. The van der Waals surface area contributed by atoms with Gasteiger partial charge in [-0.05, 0) is 31.0 Å². The van der Waals surface area contributed by atoms with Crippen molar-refractivity contribution in [1.29, 1.82) is 0 Å². The summed E-state index contributed by atoms with van der Waals surface area (Å²) in [4.78, 5) is 16.4. The van der Waals surface area contributed by atoms with Gasteiger partial charge in [0.25, 0.3) is 5.91 Å². The Morgan fingerprint density at radius 1 is 1.17 bits per heavy atom. The maximum Gasteiger partial charge on any atom is 0.276 e. The highest BCUT2D eigenvalue weighted by Crippen LogP contribution is 2.01. The van der Waals surface area contributed by atoms with Gasteiger partial charge < -0.3 is 9.30 Å². The third-order valence-electron chi connectivity index (χ3n) is 3.55. The van der Waals surface area contributed by atoms with Crippen LogP contribution in [0.1, 0.15) is 32.3 Å². The number of carbonyl (C=O) groups is 1. The molecule has 0 aliphatic rings. The van der Waals surface area contributed by atoms with E-state index in [9.17, 15) is 4.79 Å². The quantitative estimate of drug-likeness (QED) is 0.737. The molecule has 1 aromatic heterocycles. The molecule has 0 fully saturated rings. The number of ether oxygens (including phenoxy) is 1. The van der Waals surface area contributed by atoms with Crippen LogP contribution in [0.5, 0.6) is 0 Å². The third kappa shape index (κ3) is 5.49. The van der Waals surface area contributed by atoms with Gasteiger partial charge in [0, 0.05) is 19.3 Å². The summed E-state index contributed by atoms with van der Waals surface area (Å²) in [6, 6.07) is 15.8. The number of pyridine rings is 1. The fraction of sp³-hybridized carbons (Fsp3) is 0.368. The molecular formula is C19H24N2O2. The van der Waals surface area contributed by atoms with Crippen molar-refractivity contribution in [1.82, 2.24) is 4.57 Å². The molecule has 23 heavy (non-hydrogen) atoms. The van der Waals surface area contributed by atoms with E-state index in [0.29, 0.717) is 18.6 Å². The Hall–Kier alpha value is -2.20. The largest absolute Gasteiger partial charge is 0.369 e. The molecule has 1 aromatic carbocycles. The Bertz CT molecular complexity index is 677. The smallest absolute Gasteiger partial charge is 0.276 e. The second-order valence-corrected chi connectivity index (χ2v) is 5.49. The normalized spacial score (nSPS) is 13.0. The summed E-state index contributed by atoms with van der Waals surface area (Å²) >= 11 is 0. The van der Waals surface area contributed by atoms with Gasteiger partial charge in [-0.2, -0.15) is 4.99 Å². The number of carbonyl (C=O) groups excluding carboxylic acids is 1. The molecule has 1 heterocycles. The zero-order chi connectivity index (χ0) is 16.5. The summed E-state index contributed by atoms with van der Waals surface area (Å²) < 4.78 is 7.49. The van der Waals surface area contributed by atoms with Crippen LogP contribution in [0, 0.1) is 0 Å². The Kier molecular flexibility index (Phi) is 6.76. The fourth-order valence-corrected chi connectivity index (χ4v) is 2.16. The molecule has 1 amide bonds. The van der Waals surface area contributed by atoms with Gasteiger partial charge in [-0.3, -0.25) is 4.79 Å². The number of rotatable bonds is 7. The van der Waals surface area contributed by atoms with E-state index in [1.54, 1.807) is 6.92 Å². The SMILES string of the molecule is CCCCOC(C)C(=O)N=c1ccccn1Cc1ccccc1. The van der Waals surface area contributed by atoms with E-state index in [-0.39, 0.29) is 5.91 Å². The molecule has 0 bridgehead atoms. The lowest BCUT2D eigenvalue weighted by molar-refractivity contribution is -0.128. The lowest BCUT2D eigenvalue weighted by Crippen LogP contribution is -2.26. The van der Waals surface area contributed by atoms with Gasteiger partial charge in [0.1, 0.15) is 11.6 Å². The van der Waals surface area contributed by atoms with Gasteiger partial charge in [0.2, 0.25) is 0 Å². The summed E-state index contributed by atoms with van der Waals surface area (Å²) in [6.07, 6.45) is 3.43. The molecule has 0 spiro atoms. The summed E-state index contributed by atoms with van der Waals surface area (Å²) in [7, 11) is 0. The lowest BCUT2D eigenvalue weighted by Gasteiger charge is -2.10. The number of unbranched alkanes of at least 4 members (excludes halogenated alkanes) is 1. The predicted molar refractivity (Wildman–Crippen MR) is 90.9 cm³/mol. The average molecular weight is 312 g/mol. The first-order chi connectivity index (χ1) is 11.2. The van der Waals surface area contributed by atoms with Crippen molar-refractivity contribution in [2.45, 2.75) is 39.3 Å². The van der Waals surface area contributed by atoms with Gasteiger partial charge in [-0.1, -0.05) is 49.7 Å². The van der Waals surface area contributed by atoms with Gasteiger partial charge >= 0.3 is 0 Å². The van der Waals surface area contributed by atoms with Crippen LogP contribution in [0.15, 0.2) is 59.7 Å². The average Bonchev–Trinajstić information content (AvgIpc) is 2.57. The zero-order valence-electron chi connectivity index (χ0n) is 13.8. The monoisotopic (exact) mass is 312 g/mol. The maximum absolute atomic E-state index is 12.2. The number of hydrogen-bond donors (Lipinski definition) is 0. The highest BCUT2D eigenvalue weighted by atomic mass is 16.5. The van der Waals surface area contributed by atoms with Gasteiger partial charge in [0.05, 0.1) is 0 Å². The van der Waals surface area contributed by atoms with Crippen molar-refractivity contribution >= 4 is 5.91 Å². The number of amides is 1. The van der Waals surface area contributed by atoms with E-state index >= 15 is 0 Å². The Labute approximate surface area is 137 Å². The summed E-state index contributed by atoms with van der Waals surface area (Å²) in [5.41, 5.74) is 1.81. The molecule has 0 aliphatic heterocycles. The van der Waals surface area contributed by atoms with Crippen LogP contribution in [0.3, 0.4) is 0 Å². The number of nitrogens with zero attached hydrogens (tertiary/aromatic N) is 2. The first-order valence-electron chi connectivity index (χ1n) is 8.10. The van der Waals surface area contributed by atoms with Crippen LogP contribution >= 0.6 is 0 Å². The topological polar surface area (TPSA) is 43.6 Å². The maximum atomic E-state index is 12.2. The summed E-state index contributed by atoms with van der Waals surface area (Å²) in [5, 5.41) is 0. The Morgan fingerprint density at radius 2 is 1.91 bits per heavy atom. The molecule has 0 saturated carbocycles. The number of hydrogen-bond acceptors (Lipinski definition) is 2. The van der Waals surface area contributed by atoms with Crippen molar-refractivity contribution in [3.63, 3.8) is 0 Å². The van der Waals surface area contributed by atoms with Crippen LogP contribution in [-0.2, 0) is 16.1 Å². The fourth-order valence-electron chi connectivity index (χ4n) is 2.16. The van der Waals surface area contributed by atoms with E-state index in [2.05, 4.69) is 24.0 Å². The third-order valence-corrected chi connectivity index (χ3v) is 3.55. The molecule has 1 unspecified atom stereocenters. The number of aromatic nitrogens is 1. The molecule has 4 heteroatoms. The second-order valence-electron chi connectivity index (χ2n) is 5.49. The molecule has 4 nitrogen and oxygen atoms in total. The van der Waals surface area contributed by atoms with E-state index in [0.717, 1.165) is 12.8 Å². The number of benzene rings is 1. The summed E-state index contributed by atoms with van der Waals surface area (Å²) in [6.45, 7) is 5.12. The lowest BCUT2D eigenvalue weighted by atomic mass is 10.2. The summed E-state index contributed by atoms with van der Waals surface area (Å²) in [5.74, 6) is -0.242. The van der Waals surface area contributed by atoms with Crippen molar-refractivity contribution in [2.24, 2.45) is 4.99 Å². The van der Waals surface area contributed by atoms with Crippen LogP contribution in [0.4, 0.5) is 0 Å². The Balaban J connectivity index is 2.14. The van der Waals surface area contributed by atoms with E-state index in [1.807, 2.05) is 47.2 Å². The van der Waals surface area contributed by atoms with Gasteiger partial charge in [-0.25, -0.2) is 0 Å². The van der Waals surface area contributed by atoms with Crippen molar-refractivity contribution in [3.05, 3.63) is 65.8 Å². The Morgan fingerprint density at radius 3 is 2.65 bits per heavy atom. The van der Waals surface area contributed by atoms with Crippen molar-refractivity contribution in [2.75, 3.05) is 6.61 Å². The van der Waals surface area contributed by atoms with Gasteiger partial charge in [-0.15, -0.1) is 0 Å².